The average Bonchev–Trinajstić information content (AvgIpc) is 2.53. The summed E-state index contributed by atoms with van der Waals surface area (Å²) in [6, 6.07) is 9.62. The predicted molar refractivity (Wildman–Crippen MR) is 76.0 cm³/mol. The number of hydrogen-bond donors (Lipinski definition) is 1. The van der Waals surface area contributed by atoms with Gasteiger partial charge in [0, 0.05) is 12.7 Å². The molecule has 4 nitrogen and oxygen atoms in total. The van der Waals surface area contributed by atoms with Crippen molar-refractivity contribution in [3.05, 3.63) is 47.7 Å². The van der Waals surface area contributed by atoms with Gasteiger partial charge in [0.05, 0.1) is 16.9 Å². The summed E-state index contributed by atoms with van der Waals surface area (Å²) in [5.41, 5.74) is 3.58. The van der Waals surface area contributed by atoms with Crippen molar-refractivity contribution in [2.24, 2.45) is 0 Å². The summed E-state index contributed by atoms with van der Waals surface area (Å²) in [5, 5.41) is 3.26. The second-order valence-electron chi connectivity index (χ2n) is 4.59. The third-order valence-electron chi connectivity index (χ3n) is 3.30. The molecule has 0 unspecified atom stereocenters. The first-order valence-electron chi connectivity index (χ1n) is 6.35. The highest BCUT2D eigenvalue weighted by molar-refractivity contribution is 6.12. The van der Waals surface area contributed by atoms with Crippen LogP contribution in [0.1, 0.15) is 22.8 Å². The predicted octanol–water partition coefficient (Wildman–Crippen LogP) is 3.11. The highest BCUT2D eigenvalue weighted by Crippen LogP contribution is 2.34. The monoisotopic (exact) mass is 253 g/mol. The molecule has 1 amide bonds. The summed E-state index contributed by atoms with van der Waals surface area (Å²) < 4.78 is 0. The van der Waals surface area contributed by atoms with E-state index in [0.29, 0.717) is 17.9 Å². The number of aromatic nitrogens is 1. The Bertz CT molecular complexity index is 652. The molecule has 1 aromatic heterocycles. The number of carbonyl (C=O) groups is 1. The molecule has 0 radical (unpaired) electrons. The Morgan fingerprint density at radius 1 is 1.32 bits per heavy atom. The number of hydrogen-bond acceptors (Lipinski definition) is 3. The molecule has 1 aromatic carbocycles. The van der Waals surface area contributed by atoms with E-state index in [9.17, 15) is 4.79 Å². The first-order valence-corrected chi connectivity index (χ1v) is 6.35. The Morgan fingerprint density at radius 3 is 2.95 bits per heavy atom. The van der Waals surface area contributed by atoms with Crippen LogP contribution in [0.25, 0.3) is 0 Å². The highest BCUT2D eigenvalue weighted by atomic mass is 16.2. The molecule has 19 heavy (non-hydrogen) atoms. The van der Waals surface area contributed by atoms with E-state index in [4.69, 9.17) is 0 Å². The van der Waals surface area contributed by atoms with Crippen LogP contribution in [0.4, 0.5) is 17.2 Å². The fourth-order valence-corrected chi connectivity index (χ4v) is 2.36. The third-order valence-corrected chi connectivity index (χ3v) is 3.30. The maximum atomic E-state index is 12.6. The van der Waals surface area contributed by atoms with Gasteiger partial charge >= 0.3 is 0 Å². The number of carbonyl (C=O) groups excluding carboxylic acids is 1. The Hall–Kier alpha value is -2.36. The highest BCUT2D eigenvalue weighted by Gasteiger charge is 2.25. The molecule has 0 spiro atoms. The molecular weight excluding hydrogens is 238 g/mol. The maximum Gasteiger partial charge on any atom is 0.262 e. The number of anilines is 3. The normalized spacial score (nSPS) is 13.4. The Balaban J connectivity index is 2.24. The maximum absolute atomic E-state index is 12.6. The van der Waals surface area contributed by atoms with Gasteiger partial charge in [0.2, 0.25) is 0 Å². The van der Waals surface area contributed by atoms with Crippen molar-refractivity contribution in [3.8, 4) is 0 Å². The Labute approximate surface area is 112 Å². The van der Waals surface area contributed by atoms with Gasteiger partial charge in [-0.05, 0) is 43.7 Å². The van der Waals surface area contributed by atoms with Crippen LogP contribution >= 0.6 is 0 Å². The van der Waals surface area contributed by atoms with E-state index in [1.165, 1.54) is 0 Å². The number of benzene rings is 1. The molecule has 2 heterocycles. The van der Waals surface area contributed by atoms with Gasteiger partial charge in [0.25, 0.3) is 5.91 Å². The summed E-state index contributed by atoms with van der Waals surface area (Å²) in [6.07, 6.45) is 1.69. The molecule has 1 aliphatic heterocycles. The van der Waals surface area contributed by atoms with E-state index >= 15 is 0 Å². The number of pyridine rings is 1. The van der Waals surface area contributed by atoms with E-state index in [0.717, 1.165) is 16.9 Å². The minimum atomic E-state index is -0.0132. The first-order chi connectivity index (χ1) is 9.20. The Kier molecular flexibility index (Phi) is 2.71. The van der Waals surface area contributed by atoms with Gasteiger partial charge in [-0.15, -0.1) is 0 Å². The number of amides is 1. The molecule has 1 N–H and O–H groups in total. The Morgan fingerprint density at radius 2 is 2.16 bits per heavy atom. The van der Waals surface area contributed by atoms with Crippen LogP contribution in [-0.2, 0) is 0 Å². The van der Waals surface area contributed by atoms with Crippen LogP contribution in [0.3, 0.4) is 0 Å². The molecule has 96 valence electrons. The van der Waals surface area contributed by atoms with E-state index in [1.54, 1.807) is 23.2 Å². The first kappa shape index (κ1) is 11.7. The van der Waals surface area contributed by atoms with Crippen molar-refractivity contribution >= 4 is 23.1 Å². The summed E-state index contributed by atoms with van der Waals surface area (Å²) >= 11 is 0. The van der Waals surface area contributed by atoms with Crippen molar-refractivity contribution in [1.82, 2.24) is 4.98 Å². The smallest absolute Gasteiger partial charge is 0.262 e. The van der Waals surface area contributed by atoms with E-state index in [1.807, 2.05) is 32.0 Å². The van der Waals surface area contributed by atoms with Gasteiger partial charge in [-0.3, -0.25) is 4.79 Å². The lowest BCUT2D eigenvalue weighted by Gasteiger charge is -2.21. The van der Waals surface area contributed by atoms with Gasteiger partial charge in [-0.2, -0.15) is 0 Å². The van der Waals surface area contributed by atoms with E-state index < -0.39 is 0 Å². The van der Waals surface area contributed by atoms with Crippen molar-refractivity contribution in [2.45, 2.75) is 13.8 Å². The van der Waals surface area contributed by atoms with Crippen LogP contribution in [0.2, 0.25) is 0 Å². The molecular formula is C15H15N3O. The van der Waals surface area contributed by atoms with Crippen LogP contribution in [-0.4, -0.2) is 17.4 Å². The topological polar surface area (TPSA) is 45.2 Å². The van der Waals surface area contributed by atoms with Gasteiger partial charge in [-0.1, -0.05) is 6.07 Å². The van der Waals surface area contributed by atoms with E-state index in [-0.39, 0.29) is 5.91 Å². The molecule has 0 bridgehead atoms. The zero-order chi connectivity index (χ0) is 13.4. The molecule has 2 aromatic rings. The van der Waals surface area contributed by atoms with Gasteiger partial charge in [0.1, 0.15) is 5.82 Å². The number of fused-ring (bicyclic) bond motifs is 2. The molecule has 0 saturated carbocycles. The van der Waals surface area contributed by atoms with Crippen molar-refractivity contribution in [2.75, 3.05) is 16.8 Å². The fourth-order valence-electron chi connectivity index (χ4n) is 2.36. The zero-order valence-corrected chi connectivity index (χ0v) is 11.0. The van der Waals surface area contributed by atoms with Gasteiger partial charge in [-0.25, -0.2) is 4.98 Å². The van der Waals surface area contributed by atoms with Crippen LogP contribution < -0.4 is 10.2 Å². The molecule has 1 aliphatic rings. The lowest BCUT2D eigenvalue weighted by molar-refractivity contribution is 0.0989. The van der Waals surface area contributed by atoms with Crippen molar-refractivity contribution in [3.63, 3.8) is 0 Å². The molecule has 0 aliphatic carbocycles. The number of aryl methyl sites for hydroxylation is 1. The second kappa shape index (κ2) is 4.39. The van der Waals surface area contributed by atoms with Crippen LogP contribution in [0.15, 0.2) is 36.5 Å². The third kappa shape index (κ3) is 1.85. The van der Waals surface area contributed by atoms with Gasteiger partial charge in [0.15, 0.2) is 0 Å². The number of nitrogens with zero attached hydrogens (tertiary/aromatic N) is 2. The molecule has 3 rings (SSSR count). The van der Waals surface area contributed by atoms with Gasteiger partial charge < -0.3 is 10.2 Å². The lowest BCUT2D eigenvalue weighted by Crippen LogP contribution is -2.29. The van der Waals surface area contributed by atoms with Crippen molar-refractivity contribution in [1.29, 1.82) is 0 Å². The van der Waals surface area contributed by atoms with Crippen LogP contribution in [0.5, 0.6) is 0 Å². The fraction of sp³-hybridized carbons (Fsp3) is 0.200. The summed E-state index contributed by atoms with van der Waals surface area (Å²) in [4.78, 5) is 18.6. The largest absolute Gasteiger partial charge is 0.338 e. The van der Waals surface area contributed by atoms with E-state index in [2.05, 4.69) is 10.3 Å². The zero-order valence-electron chi connectivity index (χ0n) is 11.0. The summed E-state index contributed by atoms with van der Waals surface area (Å²) in [7, 11) is 0. The number of rotatable bonds is 1. The summed E-state index contributed by atoms with van der Waals surface area (Å²) in [5.74, 6) is 0.607. The minimum absolute atomic E-state index is 0.0132. The molecule has 0 fully saturated rings. The average molecular weight is 253 g/mol. The van der Waals surface area contributed by atoms with Crippen LogP contribution in [0, 0.1) is 6.92 Å². The second-order valence-corrected chi connectivity index (χ2v) is 4.59. The quantitative estimate of drug-likeness (QED) is 0.849. The molecule has 0 saturated heterocycles. The number of nitrogens with one attached hydrogen (secondary N) is 1. The SMILES string of the molecule is CCN1C(=O)c2cccnc2Nc2cc(C)ccc21. The van der Waals surface area contributed by atoms with Crippen molar-refractivity contribution < 1.29 is 4.79 Å². The standard InChI is InChI=1S/C15H15N3O/c1-3-18-13-7-6-10(2)9-12(13)17-14-11(15(18)19)5-4-8-16-14/h4-9H,3H2,1-2H3,(H,16,17). The molecule has 4 heteroatoms. The lowest BCUT2D eigenvalue weighted by atomic mass is 10.1. The minimum Gasteiger partial charge on any atom is -0.338 e. The molecule has 0 atom stereocenters. The summed E-state index contributed by atoms with van der Waals surface area (Å²) in [6.45, 7) is 4.64.